The number of hydrogen-bond acceptors (Lipinski definition) is 2. The van der Waals surface area contributed by atoms with E-state index in [2.05, 4.69) is 11.8 Å². The summed E-state index contributed by atoms with van der Waals surface area (Å²) in [6, 6.07) is 0.798. The lowest BCUT2D eigenvalue weighted by atomic mass is 9.77. The van der Waals surface area contributed by atoms with E-state index < -0.39 is 0 Å². The molecule has 2 aliphatic rings. The summed E-state index contributed by atoms with van der Waals surface area (Å²) in [7, 11) is 0. The lowest BCUT2D eigenvalue weighted by Crippen LogP contribution is -2.49. The standard InChI is InChI=1S/C12H23NO/c1-2-7-13-8-3-4-10-9-11(14)5-6-12(10)13/h10-12,14H,2-9H2,1H3. The van der Waals surface area contributed by atoms with Gasteiger partial charge in [-0.15, -0.1) is 0 Å². The van der Waals surface area contributed by atoms with Gasteiger partial charge in [-0.2, -0.15) is 0 Å². The van der Waals surface area contributed by atoms with Crippen molar-refractivity contribution in [1.82, 2.24) is 4.90 Å². The molecule has 0 aromatic carbocycles. The van der Waals surface area contributed by atoms with Crippen LogP contribution in [0.3, 0.4) is 0 Å². The summed E-state index contributed by atoms with van der Waals surface area (Å²) in [4.78, 5) is 2.67. The molecule has 0 spiro atoms. The Morgan fingerprint density at radius 1 is 1.29 bits per heavy atom. The van der Waals surface area contributed by atoms with Gasteiger partial charge in [0.15, 0.2) is 0 Å². The largest absolute Gasteiger partial charge is 0.393 e. The molecule has 0 bridgehead atoms. The van der Waals surface area contributed by atoms with Crippen molar-refractivity contribution in [3.8, 4) is 0 Å². The minimum absolute atomic E-state index is 0.00201. The molecule has 14 heavy (non-hydrogen) atoms. The van der Waals surface area contributed by atoms with E-state index in [9.17, 15) is 5.11 Å². The first kappa shape index (κ1) is 10.4. The summed E-state index contributed by atoms with van der Waals surface area (Å²) in [6.45, 7) is 4.82. The van der Waals surface area contributed by atoms with E-state index in [4.69, 9.17) is 0 Å². The van der Waals surface area contributed by atoms with Crippen LogP contribution >= 0.6 is 0 Å². The Morgan fingerprint density at radius 3 is 2.93 bits per heavy atom. The lowest BCUT2D eigenvalue weighted by molar-refractivity contribution is 0.00524. The van der Waals surface area contributed by atoms with Crippen molar-refractivity contribution in [3.05, 3.63) is 0 Å². The first-order chi connectivity index (χ1) is 6.81. The Morgan fingerprint density at radius 2 is 2.14 bits per heavy atom. The highest BCUT2D eigenvalue weighted by molar-refractivity contribution is 4.89. The van der Waals surface area contributed by atoms with Gasteiger partial charge in [-0.1, -0.05) is 6.92 Å². The quantitative estimate of drug-likeness (QED) is 0.732. The molecule has 1 saturated heterocycles. The van der Waals surface area contributed by atoms with Crippen molar-refractivity contribution in [3.63, 3.8) is 0 Å². The number of nitrogens with zero attached hydrogens (tertiary/aromatic N) is 1. The summed E-state index contributed by atoms with van der Waals surface area (Å²) in [5.74, 6) is 0.791. The molecule has 2 rings (SSSR count). The van der Waals surface area contributed by atoms with E-state index in [1.54, 1.807) is 0 Å². The maximum absolute atomic E-state index is 9.65. The summed E-state index contributed by atoms with van der Waals surface area (Å²) in [6.07, 6.45) is 7.28. The van der Waals surface area contributed by atoms with Crippen LogP contribution in [0.4, 0.5) is 0 Å². The van der Waals surface area contributed by atoms with Gasteiger partial charge in [-0.25, -0.2) is 0 Å². The zero-order valence-electron chi connectivity index (χ0n) is 9.28. The fourth-order valence-corrected chi connectivity index (χ4v) is 3.30. The Labute approximate surface area is 87.3 Å². The van der Waals surface area contributed by atoms with Crippen LogP contribution in [0.25, 0.3) is 0 Å². The van der Waals surface area contributed by atoms with Crippen LogP contribution in [-0.2, 0) is 0 Å². The van der Waals surface area contributed by atoms with Gasteiger partial charge in [0.05, 0.1) is 6.10 Å². The average Bonchev–Trinajstić information content (AvgIpc) is 2.18. The molecular formula is C12H23NO. The number of aliphatic hydroxyl groups excluding tert-OH is 1. The van der Waals surface area contributed by atoms with Gasteiger partial charge < -0.3 is 10.0 Å². The van der Waals surface area contributed by atoms with Crippen LogP contribution < -0.4 is 0 Å². The molecule has 3 atom stereocenters. The molecule has 3 unspecified atom stereocenters. The summed E-state index contributed by atoms with van der Waals surface area (Å²) >= 11 is 0. The molecule has 0 aromatic heterocycles. The van der Waals surface area contributed by atoms with Gasteiger partial charge >= 0.3 is 0 Å². The highest BCUT2D eigenvalue weighted by Gasteiger charge is 2.35. The number of hydrogen-bond donors (Lipinski definition) is 1. The molecule has 1 N–H and O–H groups in total. The summed E-state index contributed by atoms with van der Waals surface area (Å²) < 4.78 is 0. The van der Waals surface area contributed by atoms with Crippen molar-refractivity contribution in [2.24, 2.45) is 5.92 Å². The minimum atomic E-state index is -0.00201. The van der Waals surface area contributed by atoms with Gasteiger partial charge in [0.25, 0.3) is 0 Å². The molecule has 2 fully saturated rings. The van der Waals surface area contributed by atoms with E-state index in [0.29, 0.717) is 0 Å². The molecule has 82 valence electrons. The zero-order chi connectivity index (χ0) is 9.97. The third-order valence-corrected chi connectivity index (χ3v) is 3.91. The molecule has 1 heterocycles. The Hall–Kier alpha value is -0.0800. The number of aliphatic hydroxyl groups is 1. The minimum Gasteiger partial charge on any atom is -0.393 e. The van der Waals surface area contributed by atoms with Crippen molar-refractivity contribution in [2.75, 3.05) is 13.1 Å². The third-order valence-electron chi connectivity index (χ3n) is 3.91. The lowest BCUT2D eigenvalue weighted by Gasteiger charge is -2.45. The van der Waals surface area contributed by atoms with E-state index >= 15 is 0 Å². The molecular weight excluding hydrogens is 174 g/mol. The predicted molar refractivity (Wildman–Crippen MR) is 58.2 cm³/mol. The SMILES string of the molecule is CCCN1CCCC2CC(O)CCC21. The number of rotatable bonds is 2. The van der Waals surface area contributed by atoms with Crippen LogP contribution in [0, 0.1) is 5.92 Å². The molecule has 0 amide bonds. The molecule has 0 radical (unpaired) electrons. The molecule has 2 heteroatoms. The third kappa shape index (κ3) is 2.12. The number of likely N-dealkylation sites (tertiary alicyclic amines) is 1. The molecule has 2 nitrogen and oxygen atoms in total. The highest BCUT2D eigenvalue weighted by atomic mass is 16.3. The van der Waals surface area contributed by atoms with Crippen molar-refractivity contribution < 1.29 is 5.11 Å². The van der Waals surface area contributed by atoms with Crippen LogP contribution in [0.1, 0.15) is 45.4 Å². The van der Waals surface area contributed by atoms with Gasteiger partial charge in [-0.3, -0.25) is 0 Å². The van der Waals surface area contributed by atoms with Crippen molar-refractivity contribution >= 4 is 0 Å². The van der Waals surface area contributed by atoms with Crippen LogP contribution in [0.2, 0.25) is 0 Å². The van der Waals surface area contributed by atoms with Crippen LogP contribution in [0.15, 0.2) is 0 Å². The van der Waals surface area contributed by atoms with E-state index in [0.717, 1.165) is 24.8 Å². The van der Waals surface area contributed by atoms with Gasteiger partial charge in [0.2, 0.25) is 0 Å². The monoisotopic (exact) mass is 197 g/mol. The fraction of sp³-hybridized carbons (Fsp3) is 1.00. The maximum Gasteiger partial charge on any atom is 0.0544 e. The van der Waals surface area contributed by atoms with E-state index in [1.165, 1.54) is 38.8 Å². The fourth-order valence-electron chi connectivity index (χ4n) is 3.30. The number of fused-ring (bicyclic) bond motifs is 1. The number of piperidine rings is 1. The second-order valence-corrected chi connectivity index (χ2v) is 4.97. The topological polar surface area (TPSA) is 23.5 Å². The van der Waals surface area contributed by atoms with Crippen LogP contribution in [-0.4, -0.2) is 35.2 Å². The van der Waals surface area contributed by atoms with Crippen LogP contribution in [0.5, 0.6) is 0 Å². The molecule has 1 aliphatic heterocycles. The van der Waals surface area contributed by atoms with Gasteiger partial charge in [0, 0.05) is 6.04 Å². The Kier molecular flexibility index (Phi) is 3.45. The Bertz CT molecular complexity index is 174. The second-order valence-electron chi connectivity index (χ2n) is 4.97. The maximum atomic E-state index is 9.65. The smallest absolute Gasteiger partial charge is 0.0544 e. The van der Waals surface area contributed by atoms with Gasteiger partial charge in [0.1, 0.15) is 0 Å². The van der Waals surface area contributed by atoms with Crippen molar-refractivity contribution in [1.29, 1.82) is 0 Å². The summed E-state index contributed by atoms with van der Waals surface area (Å²) in [5, 5.41) is 9.65. The first-order valence-electron chi connectivity index (χ1n) is 6.23. The zero-order valence-corrected chi connectivity index (χ0v) is 9.28. The second kappa shape index (κ2) is 4.63. The highest BCUT2D eigenvalue weighted by Crippen LogP contribution is 2.35. The average molecular weight is 197 g/mol. The molecule has 0 aromatic rings. The van der Waals surface area contributed by atoms with Gasteiger partial charge in [-0.05, 0) is 57.5 Å². The van der Waals surface area contributed by atoms with Crippen molar-refractivity contribution in [2.45, 2.75) is 57.6 Å². The first-order valence-corrected chi connectivity index (χ1v) is 6.23. The Balaban J connectivity index is 1.95. The van der Waals surface area contributed by atoms with E-state index in [-0.39, 0.29) is 6.10 Å². The summed E-state index contributed by atoms with van der Waals surface area (Å²) in [5.41, 5.74) is 0. The van der Waals surface area contributed by atoms with E-state index in [1.807, 2.05) is 0 Å². The molecule has 1 saturated carbocycles. The predicted octanol–water partition coefficient (Wildman–Crippen LogP) is 2.02. The molecule has 1 aliphatic carbocycles. The normalized spacial score (nSPS) is 39.4.